The lowest BCUT2D eigenvalue weighted by Gasteiger charge is -2.31. The lowest BCUT2D eigenvalue weighted by Crippen LogP contribution is -2.19. The van der Waals surface area contributed by atoms with E-state index in [4.69, 9.17) is 65.9 Å². The fourth-order valence-electron chi connectivity index (χ4n) is 20.6. The molecule has 7 aromatic carbocycles. The van der Waals surface area contributed by atoms with Crippen LogP contribution in [-0.4, -0.2) is 121 Å². The summed E-state index contributed by atoms with van der Waals surface area (Å²) in [5.41, 5.74) is 20.0. The number of methoxy groups -OCH3 is 2. The van der Waals surface area contributed by atoms with Crippen LogP contribution < -0.4 is 15.2 Å². The number of alkyl halides is 1. The molecule has 4 spiro atoms. The summed E-state index contributed by atoms with van der Waals surface area (Å²) in [5, 5.41) is 81.8. The Kier molecular flexibility index (Phi) is 53.8. The third-order valence-corrected chi connectivity index (χ3v) is 28.8. The fourth-order valence-corrected chi connectivity index (χ4v) is 21.1. The van der Waals surface area contributed by atoms with E-state index in [1.165, 1.54) is 233 Å². The highest BCUT2D eigenvalue weighted by atomic mass is 79.9. The number of ether oxygens (including phenoxy) is 4. The summed E-state index contributed by atoms with van der Waals surface area (Å²) in [6, 6.07) is 51.9. The van der Waals surface area contributed by atoms with Gasteiger partial charge in [-0.2, -0.15) is 0 Å². The van der Waals surface area contributed by atoms with Gasteiger partial charge >= 0.3 is 35.8 Å². The van der Waals surface area contributed by atoms with Crippen LogP contribution in [0.1, 0.15) is 347 Å². The van der Waals surface area contributed by atoms with Crippen LogP contribution in [0.15, 0.2) is 223 Å². The Morgan fingerprint density at radius 1 is 0.313 bits per heavy atom. The normalized spacial score (nSPS) is 16.9. The zero-order valence-corrected chi connectivity index (χ0v) is 89.1. The van der Waals surface area contributed by atoms with Crippen molar-refractivity contribution in [2.75, 3.05) is 39.4 Å². The number of carbonyl (C=O) groups excluding carboxylic acids is 2. The number of carbonyl (C=O) groups is 6. The van der Waals surface area contributed by atoms with Crippen molar-refractivity contribution < 1.29 is 93.7 Å². The number of hydrogen-bond acceptors (Lipinski definition) is 16. The molecule has 8 aliphatic carbocycles. The fraction of sp³-hybridized carbons (Fsp3) is 0.460. The topological polar surface area (TPSA) is 347 Å². The summed E-state index contributed by atoms with van der Waals surface area (Å²) in [6.07, 6.45) is 48.3. The number of carboxylic acid groups (broad SMARTS) is 4. The van der Waals surface area contributed by atoms with Crippen LogP contribution >= 0.6 is 15.9 Å². The third kappa shape index (κ3) is 44.2. The van der Waals surface area contributed by atoms with Crippen molar-refractivity contribution in [2.24, 2.45) is 27.4 Å². The van der Waals surface area contributed by atoms with E-state index in [1.807, 2.05) is 85.8 Å². The molecule has 0 heterocycles. The molecule has 11 N–H and O–H groups in total. The van der Waals surface area contributed by atoms with Gasteiger partial charge in [-0.3, -0.25) is 28.8 Å². The van der Waals surface area contributed by atoms with Gasteiger partial charge in [0.1, 0.15) is 47.7 Å². The number of aliphatic hydroxyl groups excluding tert-OH is 1. The molecule has 147 heavy (non-hydrogen) atoms. The van der Waals surface area contributed by atoms with Crippen LogP contribution in [0.25, 0.3) is 0 Å². The second-order valence-corrected chi connectivity index (χ2v) is 39.7. The first-order chi connectivity index (χ1) is 70.8. The van der Waals surface area contributed by atoms with Gasteiger partial charge in [0, 0.05) is 11.4 Å². The van der Waals surface area contributed by atoms with E-state index in [2.05, 4.69) is 116 Å². The second-order valence-electron chi connectivity index (χ2n) is 39.1. The molecule has 0 bridgehead atoms. The molecular weight excluding hydrogens is 1910 g/mol. The Bertz CT molecular complexity index is 5540. The van der Waals surface area contributed by atoms with Crippen LogP contribution in [0.3, 0.4) is 0 Å². The molecule has 4 saturated carbocycles. The second kappa shape index (κ2) is 65.5. The number of nitrogens with two attached hydrogens (primary N) is 1. The highest BCUT2D eigenvalue weighted by Gasteiger charge is 2.38. The number of carboxylic acids is 4. The minimum Gasteiger partial charge on any atom is -0.508 e. The molecule has 0 saturated heterocycles. The van der Waals surface area contributed by atoms with Crippen molar-refractivity contribution in [3.8, 4) is 106 Å². The minimum absolute atomic E-state index is 0.0222. The van der Waals surface area contributed by atoms with Crippen molar-refractivity contribution in [1.82, 2.24) is 0 Å². The van der Waals surface area contributed by atoms with E-state index < -0.39 is 23.9 Å². The van der Waals surface area contributed by atoms with Crippen LogP contribution in [0.2, 0.25) is 0 Å². The monoisotopic (exact) mass is 2060 g/mol. The Morgan fingerprint density at radius 3 is 0.748 bits per heavy atom. The van der Waals surface area contributed by atoms with Gasteiger partial charge in [0.05, 0.1) is 94.9 Å². The molecule has 15 rings (SSSR count). The van der Waals surface area contributed by atoms with Crippen molar-refractivity contribution in [3.05, 3.63) is 261 Å². The summed E-state index contributed by atoms with van der Waals surface area (Å²) in [6.45, 7) is 13.9. The summed E-state index contributed by atoms with van der Waals surface area (Å²) >= 11 is 3.57. The molecule has 21 heteroatoms. The van der Waals surface area contributed by atoms with E-state index in [1.54, 1.807) is 108 Å². The molecule has 784 valence electrons. The molecule has 0 aliphatic heterocycles. The number of benzene rings is 7. The van der Waals surface area contributed by atoms with Gasteiger partial charge in [0.15, 0.2) is 0 Å². The quantitative estimate of drug-likeness (QED) is 0.00989. The SMILES string of the molecule is BrCC1=CC2(CCCC2)CCC1.CC#CC(CC(=O)O)c1ccc(O)cc1.CC#C[C@H](CC(=O)O)c1ccc(O)cc1.CC#C[C@H](CC(=O)O)c1ccc(O)cc1.CC#C[C@H](CC(=O)O)c1ccc(OCC2=CC3(CCCC3)CCC2)cc1.CC#C[C@H](CC(=O)OC)c1ccc(O)cc1.CC#C[C@H](CC(=O)OC)c1ccc(OCC2=CC3(CCCC3)CCC2)cc1.CC(N)c1ccccc1.OCC1=CC2(CCCC2)CCC1. The number of hydrogen-bond donors (Lipinski definition) is 10. The first kappa shape index (κ1) is 121. The maximum absolute atomic E-state index is 11.6. The average molecular weight is 2070 g/mol. The number of aliphatic hydroxyl groups is 1. The van der Waals surface area contributed by atoms with Gasteiger partial charge in [0.25, 0.3) is 0 Å². The van der Waals surface area contributed by atoms with Crippen molar-refractivity contribution in [3.63, 3.8) is 0 Å². The standard InChI is InChI=1S/C24H30O3.C23H28O3.C13H14O3.3C12H12O3.C11H17Br.C11H18O.C8H11N/c1-3-7-21(16-23(25)26-2)20-9-11-22(12-10-20)27-18-19-8-6-15-24(17-19)13-4-5-14-24;1-2-6-20(15-22(24)25)19-8-10-21(11-9-19)26-17-18-7-5-14-23(16-18)12-3-4-13-23;1-3-4-11(9-13(15)16-2)10-5-7-12(14)8-6-10;3*1-2-3-10(8-12(14)15)9-4-6-11(13)7-5-9;2*12-9-10-4-3-7-11(8-10)5-1-2-6-11;1-7(9)8-5-3-2-4-6-8/h9-12,17,21H,4-6,8,13-16,18H2,1-2H3;8-11,16,20H,3-5,7,12-15,17H2,1H3,(H,24,25);5-8,11,14H,9H2,1-2H3;3*4-7,10,13H,8H2,1H3,(H,14,15);8H,1-7,9H2;8,12H,1-7,9H2;2-7H,9H2,1H3/t21-;20-;11-;2*10-;;;;/m11111..../s1. The summed E-state index contributed by atoms with van der Waals surface area (Å²) < 4.78 is 21.4. The number of aromatic hydroxyl groups is 4. The Labute approximate surface area is 881 Å². The first-order valence-electron chi connectivity index (χ1n) is 51.8. The first-order valence-corrected chi connectivity index (χ1v) is 52.9. The summed E-state index contributed by atoms with van der Waals surface area (Å²) in [4.78, 5) is 65.6. The van der Waals surface area contributed by atoms with E-state index >= 15 is 0 Å². The van der Waals surface area contributed by atoms with Crippen molar-refractivity contribution in [1.29, 1.82) is 0 Å². The van der Waals surface area contributed by atoms with E-state index in [-0.39, 0.29) is 115 Å². The number of esters is 2. The number of allylic oxidation sites excluding steroid dienone is 5. The molecule has 7 atom stereocenters. The molecule has 8 aliphatic rings. The largest absolute Gasteiger partial charge is 0.508 e. The molecule has 20 nitrogen and oxygen atoms in total. The van der Waals surface area contributed by atoms with E-state index in [0.29, 0.717) is 41.5 Å². The number of rotatable bonds is 27. The summed E-state index contributed by atoms with van der Waals surface area (Å²) in [5.74, 6) is 31.1. The van der Waals surface area contributed by atoms with Crippen LogP contribution in [-0.2, 0) is 38.2 Å². The Balaban J connectivity index is 0.000000228. The zero-order valence-electron chi connectivity index (χ0n) is 87.5. The molecule has 7 aromatic rings. The van der Waals surface area contributed by atoms with Gasteiger partial charge in [-0.25, -0.2) is 0 Å². The van der Waals surface area contributed by atoms with Crippen LogP contribution in [0, 0.1) is 92.7 Å². The maximum Gasteiger partial charge on any atom is 0.307 e. The maximum atomic E-state index is 11.6. The van der Waals surface area contributed by atoms with Crippen LogP contribution in [0.5, 0.6) is 34.5 Å². The van der Waals surface area contributed by atoms with Crippen LogP contribution in [0.4, 0.5) is 0 Å². The van der Waals surface area contributed by atoms with Gasteiger partial charge in [-0.05, 0) is 327 Å². The average Bonchev–Trinajstić information content (AvgIpc) is 1.73. The molecular formula is C126H154BrNO19. The number of halogens is 1. The van der Waals surface area contributed by atoms with E-state index in [9.17, 15) is 28.8 Å². The molecule has 2 unspecified atom stereocenters. The predicted molar refractivity (Wildman–Crippen MR) is 587 cm³/mol. The van der Waals surface area contributed by atoms with Gasteiger partial charge in [-0.15, -0.1) is 35.5 Å². The van der Waals surface area contributed by atoms with Gasteiger partial charge < -0.3 is 70.6 Å². The minimum atomic E-state index is -0.879. The zero-order chi connectivity index (χ0) is 107. The lowest BCUT2D eigenvalue weighted by molar-refractivity contribution is -0.141. The summed E-state index contributed by atoms with van der Waals surface area (Å²) in [7, 11) is 2.76. The third-order valence-electron chi connectivity index (χ3n) is 28.0. The molecule has 0 amide bonds. The van der Waals surface area contributed by atoms with Gasteiger partial charge in [0.2, 0.25) is 0 Å². The Hall–Kier alpha value is -13.1. The van der Waals surface area contributed by atoms with E-state index in [0.717, 1.165) is 69.5 Å². The number of aliphatic carboxylic acids is 4. The predicted octanol–water partition coefficient (Wildman–Crippen LogP) is 27.1. The van der Waals surface area contributed by atoms with Crippen molar-refractivity contribution >= 4 is 51.7 Å². The Morgan fingerprint density at radius 2 is 0.531 bits per heavy atom. The van der Waals surface area contributed by atoms with Crippen molar-refractivity contribution in [2.45, 2.75) is 308 Å². The molecule has 0 radical (unpaired) electrons. The lowest BCUT2D eigenvalue weighted by atomic mass is 9.75. The molecule has 0 aromatic heterocycles. The number of phenols is 4. The molecule has 4 fully saturated rings. The highest BCUT2D eigenvalue weighted by Crippen LogP contribution is 2.51. The van der Waals surface area contributed by atoms with Gasteiger partial charge in [-0.1, -0.05) is 236 Å². The highest BCUT2D eigenvalue weighted by molar-refractivity contribution is 9.09. The smallest absolute Gasteiger partial charge is 0.307 e. The number of phenolic OH excluding ortho intramolecular Hbond substituents is 4.